The fourth-order valence-corrected chi connectivity index (χ4v) is 4.02. The quantitative estimate of drug-likeness (QED) is 0.806. The zero-order valence-electron chi connectivity index (χ0n) is 15.3. The monoisotopic (exact) mass is 374 g/mol. The molecule has 0 bridgehead atoms. The van der Waals surface area contributed by atoms with E-state index >= 15 is 0 Å². The molecule has 0 N–H and O–H groups in total. The Morgan fingerprint density at radius 2 is 1.77 bits per heavy atom. The molecule has 138 valence electrons. The van der Waals surface area contributed by atoms with Crippen LogP contribution in [0.1, 0.15) is 29.2 Å². The minimum Gasteiger partial charge on any atom is -0.493 e. The molecule has 0 spiro atoms. The molecule has 7 heteroatoms. The molecule has 0 radical (unpaired) electrons. The van der Waals surface area contributed by atoms with Crippen LogP contribution in [0.5, 0.6) is 11.5 Å². The smallest absolute Gasteiger partial charge is 0.247 e. The standard InChI is InChI=1S/C19H22N2O4S/c1-13-8-10-14(11-9-13)16-12-17(21(20-16)26(4,22)23)15-6-5-7-18(24-2)19(15)25-3/h5-11,17H,12H2,1-4H3. The number of rotatable bonds is 5. The molecule has 6 nitrogen and oxygen atoms in total. The molecule has 0 saturated carbocycles. The molecule has 26 heavy (non-hydrogen) atoms. The summed E-state index contributed by atoms with van der Waals surface area (Å²) >= 11 is 0. The summed E-state index contributed by atoms with van der Waals surface area (Å²) < 4.78 is 36.7. The van der Waals surface area contributed by atoms with E-state index in [2.05, 4.69) is 5.10 Å². The highest BCUT2D eigenvalue weighted by Crippen LogP contribution is 2.42. The van der Waals surface area contributed by atoms with Gasteiger partial charge in [0.15, 0.2) is 11.5 Å². The third kappa shape index (κ3) is 3.39. The van der Waals surface area contributed by atoms with E-state index in [1.807, 2.05) is 43.3 Å². The van der Waals surface area contributed by atoms with Gasteiger partial charge in [-0.1, -0.05) is 42.0 Å². The molecule has 0 aliphatic carbocycles. The Balaban J connectivity index is 2.07. The maximum atomic E-state index is 12.3. The van der Waals surface area contributed by atoms with Crippen molar-refractivity contribution in [2.24, 2.45) is 5.10 Å². The molecule has 0 aromatic heterocycles. The van der Waals surface area contributed by atoms with E-state index < -0.39 is 16.1 Å². The van der Waals surface area contributed by atoms with E-state index in [4.69, 9.17) is 9.47 Å². The number of sulfonamides is 1. The van der Waals surface area contributed by atoms with Crippen LogP contribution in [-0.4, -0.2) is 39.0 Å². The zero-order valence-corrected chi connectivity index (χ0v) is 16.1. The summed E-state index contributed by atoms with van der Waals surface area (Å²) in [4.78, 5) is 0. The first-order valence-electron chi connectivity index (χ1n) is 8.20. The van der Waals surface area contributed by atoms with Crippen molar-refractivity contribution in [3.8, 4) is 11.5 Å². The van der Waals surface area contributed by atoms with Crippen molar-refractivity contribution >= 4 is 15.7 Å². The summed E-state index contributed by atoms with van der Waals surface area (Å²) in [5, 5.41) is 4.41. The summed E-state index contributed by atoms with van der Waals surface area (Å²) in [5.74, 6) is 1.08. The van der Waals surface area contributed by atoms with Crippen molar-refractivity contribution < 1.29 is 17.9 Å². The molecule has 1 aliphatic rings. The van der Waals surface area contributed by atoms with Crippen LogP contribution in [0.4, 0.5) is 0 Å². The van der Waals surface area contributed by atoms with Crippen LogP contribution in [0, 0.1) is 6.92 Å². The molecular formula is C19H22N2O4S. The van der Waals surface area contributed by atoms with Gasteiger partial charge < -0.3 is 9.47 Å². The van der Waals surface area contributed by atoms with Crippen LogP contribution in [0.25, 0.3) is 0 Å². The molecule has 3 rings (SSSR count). The van der Waals surface area contributed by atoms with Gasteiger partial charge in [0.05, 0.1) is 32.2 Å². The van der Waals surface area contributed by atoms with Crippen LogP contribution in [0.3, 0.4) is 0 Å². The number of ether oxygens (including phenoxy) is 2. The maximum absolute atomic E-state index is 12.3. The van der Waals surface area contributed by atoms with Crippen molar-refractivity contribution in [3.63, 3.8) is 0 Å². The molecule has 0 amide bonds. The first-order valence-corrected chi connectivity index (χ1v) is 10.0. The normalized spacial score (nSPS) is 17.2. The minimum atomic E-state index is -3.54. The fraction of sp³-hybridized carbons (Fsp3) is 0.316. The molecule has 0 saturated heterocycles. The molecular weight excluding hydrogens is 352 g/mol. The van der Waals surface area contributed by atoms with Crippen LogP contribution < -0.4 is 9.47 Å². The average Bonchev–Trinajstić information content (AvgIpc) is 3.07. The number of benzene rings is 2. The van der Waals surface area contributed by atoms with Gasteiger partial charge in [0.25, 0.3) is 0 Å². The van der Waals surface area contributed by atoms with E-state index in [1.54, 1.807) is 20.3 Å². The molecule has 1 atom stereocenters. The summed E-state index contributed by atoms with van der Waals surface area (Å²) in [6.45, 7) is 2.01. The second-order valence-corrected chi connectivity index (χ2v) is 8.09. The minimum absolute atomic E-state index is 0.458. The highest BCUT2D eigenvalue weighted by atomic mass is 32.2. The second-order valence-electron chi connectivity index (χ2n) is 6.25. The van der Waals surface area contributed by atoms with Crippen molar-refractivity contribution in [3.05, 3.63) is 59.2 Å². The van der Waals surface area contributed by atoms with Crippen molar-refractivity contribution in [1.29, 1.82) is 0 Å². The lowest BCUT2D eigenvalue weighted by molar-refractivity contribution is 0.329. The number of hydrogen-bond acceptors (Lipinski definition) is 5. The van der Waals surface area contributed by atoms with Crippen LogP contribution in [-0.2, 0) is 10.0 Å². The SMILES string of the molecule is COc1cccc(C2CC(c3ccc(C)cc3)=NN2S(C)(=O)=O)c1OC. The summed E-state index contributed by atoms with van der Waals surface area (Å²) in [6, 6.07) is 12.9. The van der Waals surface area contributed by atoms with Crippen molar-refractivity contribution in [2.45, 2.75) is 19.4 Å². The topological polar surface area (TPSA) is 68.2 Å². The highest BCUT2D eigenvalue weighted by Gasteiger charge is 2.36. The van der Waals surface area contributed by atoms with Crippen molar-refractivity contribution in [2.75, 3.05) is 20.5 Å². The Hall–Kier alpha value is -2.54. The summed E-state index contributed by atoms with van der Waals surface area (Å²) in [5.41, 5.74) is 3.50. The second kappa shape index (κ2) is 6.99. The van der Waals surface area contributed by atoms with Gasteiger partial charge >= 0.3 is 0 Å². The predicted molar refractivity (Wildman–Crippen MR) is 101 cm³/mol. The van der Waals surface area contributed by atoms with Gasteiger partial charge in [0, 0.05) is 12.0 Å². The summed E-state index contributed by atoms with van der Waals surface area (Å²) in [7, 11) is -0.445. The van der Waals surface area contributed by atoms with Gasteiger partial charge in [-0.15, -0.1) is 0 Å². The van der Waals surface area contributed by atoms with Gasteiger partial charge in [-0.3, -0.25) is 0 Å². The molecule has 1 heterocycles. The molecule has 1 unspecified atom stereocenters. The lowest BCUT2D eigenvalue weighted by Crippen LogP contribution is -2.26. The first-order chi connectivity index (χ1) is 12.3. The average molecular weight is 374 g/mol. The van der Waals surface area contributed by atoms with Gasteiger partial charge in [0.2, 0.25) is 10.0 Å². The Morgan fingerprint density at radius 3 is 2.35 bits per heavy atom. The number of hydrogen-bond donors (Lipinski definition) is 0. The highest BCUT2D eigenvalue weighted by molar-refractivity contribution is 7.88. The summed E-state index contributed by atoms with van der Waals surface area (Å²) in [6.07, 6.45) is 1.62. The number of hydrazone groups is 1. The molecule has 2 aromatic rings. The Morgan fingerprint density at radius 1 is 1.08 bits per heavy atom. The van der Waals surface area contributed by atoms with Gasteiger partial charge in [-0.2, -0.15) is 9.52 Å². The lowest BCUT2D eigenvalue weighted by Gasteiger charge is -2.23. The maximum Gasteiger partial charge on any atom is 0.247 e. The van der Waals surface area contributed by atoms with Crippen LogP contribution >= 0.6 is 0 Å². The van der Waals surface area contributed by atoms with Gasteiger partial charge in [-0.05, 0) is 18.6 Å². The number of para-hydroxylation sites is 1. The number of aryl methyl sites for hydroxylation is 1. The van der Waals surface area contributed by atoms with E-state index in [1.165, 1.54) is 4.41 Å². The Labute approximate surface area is 154 Å². The zero-order chi connectivity index (χ0) is 18.9. The third-order valence-corrected chi connectivity index (χ3v) is 5.41. The largest absolute Gasteiger partial charge is 0.493 e. The predicted octanol–water partition coefficient (Wildman–Crippen LogP) is 3.12. The van der Waals surface area contributed by atoms with E-state index in [9.17, 15) is 8.42 Å². The van der Waals surface area contributed by atoms with E-state index in [0.29, 0.717) is 17.9 Å². The Bertz CT molecular complexity index is 937. The molecule has 0 fully saturated rings. The molecule has 2 aromatic carbocycles. The fourth-order valence-electron chi connectivity index (χ4n) is 3.12. The third-order valence-electron chi connectivity index (χ3n) is 4.39. The van der Waals surface area contributed by atoms with Crippen LogP contribution in [0.15, 0.2) is 47.6 Å². The van der Waals surface area contributed by atoms with E-state index in [-0.39, 0.29) is 0 Å². The Kier molecular flexibility index (Phi) is 4.91. The van der Waals surface area contributed by atoms with E-state index in [0.717, 1.165) is 28.7 Å². The van der Waals surface area contributed by atoms with Gasteiger partial charge in [-0.25, -0.2) is 8.42 Å². The first kappa shape index (κ1) is 18.3. The van der Waals surface area contributed by atoms with Gasteiger partial charge in [0.1, 0.15) is 0 Å². The van der Waals surface area contributed by atoms with Crippen LogP contribution in [0.2, 0.25) is 0 Å². The van der Waals surface area contributed by atoms with Crippen molar-refractivity contribution in [1.82, 2.24) is 4.41 Å². The number of nitrogens with zero attached hydrogens (tertiary/aromatic N) is 2. The lowest BCUT2D eigenvalue weighted by atomic mass is 9.97. The number of methoxy groups -OCH3 is 2. The molecule has 1 aliphatic heterocycles.